The number of anilines is 2. The summed E-state index contributed by atoms with van der Waals surface area (Å²) in [4.78, 5) is 8.38. The number of aromatic nitrogens is 3. The predicted octanol–water partition coefficient (Wildman–Crippen LogP) is 2.04. The maximum Gasteiger partial charge on any atom is 0.138 e. The fraction of sp³-hybridized carbons (Fsp3) is 0.417. The second-order valence-electron chi connectivity index (χ2n) is 4.10. The average molecular weight is 247 g/mol. The van der Waals surface area contributed by atoms with E-state index in [-0.39, 0.29) is 0 Å². The Bertz CT molecular complexity index is 530. The molecule has 6 nitrogen and oxygen atoms in total. The molecule has 2 heterocycles. The molecule has 0 aliphatic carbocycles. The van der Waals surface area contributed by atoms with Gasteiger partial charge in [0.2, 0.25) is 0 Å². The van der Waals surface area contributed by atoms with Crippen LogP contribution in [0.4, 0.5) is 11.6 Å². The highest BCUT2D eigenvalue weighted by Crippen LogP contribution is 2.19. The van der Waals surface area contributed by atoms with Gasteiger partial charge in [0.25, 0.3) is 0 Å². The third-order valence-electron chi connectivity index (χ3n) is 2.93. The van der Waals surface area contributed by atoms with Crippen molar-refractivity contribution in [3.63, 3.8) is 0 Å². The molecule has 2 N–H and O–H groups in total. The molecule has 0 saturated heterocycles. The van der Waals surface area contributed by atoms with Crippen LogP contribution in [0.2, 0.25) is 0 Å². The molecule has 0 fully saturated rings. The minimum atomic E-state index is 0.641. The highest BCUT2D eigenvalue weighted by molar-refractivity contribution is 5.56. The first-order valence-electron chi connectivity index (χ1n) is 5.78. The number of hydrogen-bond acceptors (Lipinski definition) is 6. The summed E-state index contributed by atoms with van der Waals surface area (Å²) in [5, 5.41) is 10.2. The number of nitrogens with one attached hydrogen (secondary N) is 2. The average Bonchev–Trinajstić information content (AvgIpc) is 2.68. The SMILES string of the molecule is CNc1ncnc(NCc2c(C)noc2C)c1C. The minimum Gasteiger partial charge on any atom is -0.373 e. The van der Waals surface area contributed by atoms with Gasteiger partial charge in [-0.2, -0.15) is 0 Å². The molecule has 0 saturated carbocycles. The molecule has 0 bridgehead atoms. The zero-order valence-corrected chi connectivity index (χ0v) is 11.0. The second kappa shape index (κ2) is 5.03. The lowest BCUT2D eigenvalue weighted by Gasteiger charge is -2.10. The van der Waals surface area contributed by atoms with Crippen molar-refractivity contribution < 1.29 is 4.52 Å². The van der Waals surface area contributed by atoms with E-state index in [0.717, 1.165) is 34.2 Å². The summed E-state index contributed by atoms with van der Waals surface area (Å²) in [6.07, 6.45) is 1.54. The highest BCUT2D eigenvalue weighted by atomic mass is 16.5. The van der Waals surface area contributed by atoms with Gasteiger partial charge >= 0.3 is 0 Å². The summed E-state index contributed by atoms with van der Waals surface area (Å²) >= 11 is 0. The smallest absolute Gasteiger partial charge is 0.138 e. The van der Waals surface area contributed by atoms with Gasteiger partial charge in [0.05, 0.1) is 5.69 Å². The van der Waals surface area contributed by atoms with Crippen molar-refractivity contribution in [2.24, 2.45) is 0 Å². The van der Waals surface area contributed by atoms with E-state index >= 15 is 0 Å². The Hall–Kier alpha value is -2.11. The topological polar surface area (TPSA) is 75.9 Å². The molecule has 0 amide bonds. The van der Waals surface area contributed by atoms with Crippen LogP contribution in [-0.4, -0.2) is 22.2 Å². The summed E-state index contributed by atoms with van der Waals surface area (Å²) in [6.45, 7) is 6.45. The van der Waals surface area contributed by atoms with E-state index in [1.54, 1.807) is 0 Å². The Morgan fingerprint density at radius 1 is 1.17 bits per heavy atom. The van der Waals surface area contributed by atoms with Crippen LogP contribution in [0, 0.1) is 20.8 Å². The van der Waals surface area contributed by atoms with E-state index in [2.05, 4.69) is 25.8 Å². The maximum absolute atomic E-state index is 5.12. The highest BCUT2D eigenvalue weighted by Gasteiger charge is 2.10. The van der Waals surface area contributed by atoms with Crippen LogP contribution >= 0.6 is 0 Å². The van der Waals surface area contributed by atoms with Crippen LogP contribution in [0.15, 0.2) is 10.9 Å². The van der Waals surface area contributed by atoms with Crippen molar-refractivity contribution in [3.8, 4) is 0 Å². The van der Waals surface area contributed by atoms with Gasteiger partial charge in [-0.15, -0.1) is 0 Å². The van der Waals surface area contributed by atoms with E-state index in [9.17, 15) is 0 Å². The molecule has 0 radical (unpaired) electrons. The maximum atomic E-state index is 5.12. The molecule has 18 heavy (non-hydrogen) atoms. The van der Waals surface area contributed by atoms with Crippen LogP contribution in [0.3, 0.4) is 0 Å². The Balaban J connectivity index is 2.16. The first-order valence-corrected chi connectivity index (χ1v) is 5.78. The van der Waals surface area contributed by atoms with Gasteiger partial charge in [0, 0.05) is 24.7 Å². The lowest BCUT2D eigenvalue weighted by molar-refractivity contribution is 0.392. The molecule has 0 atom stereocenters. The molecular formula is C12H17N5O. The summed E-state index contributed by atoms with van der Waals surface area (Å²) in [5.41, 5.74) is 2.96. The van der Waals surface area contributed by atoms with Crippen molar-refractivity contribution in [2.45, 2.75) is 27.3 Å². The molecule has 96 valence electrons. The van der Waals surface area contributed by atoms with Crippen molar-refractivity contribution >= 4 is 11.6 Å². The van der Waals surface area contributed by atoms with Crippen molar-refractivity contribution in [1.82, 2.24) is 15.1 Å². The van der Waals surface area contributed by atoms with Gasteiger partial charge in [-0.1, -0.05) is 5.16 Å². The lowest BCUT2D eigenvalue weighted by atomic mass is 10.2. The van der Waals surface area contributed by atoms with Gasteiger partial charge < -0.3 is 15.2 Å². The van der Waals surface area contributed by atoms with Crippen LogP contribution in [0.1, 0.15) is 22.6 Å². The summed E-state index contributed by atoms with van der Waals surface area (Å²) < 4.78 is 5.12. The van der Waals surface area contributed by atoms with E-state index in [0.29, 0.717) is 6.54 Å². The number of rotatable bonds is 4. The Kier molecular flexibility index (Phi) is 3.45. The molecule has 6 heteroatoms. The van der Waals surface area contributed by atoms with Crippen molar-refractivity contribution in [3.05, 3.63) is 28.9 Å². The van der Waals surface area contributed by atoms with E-state index in [1.807, 2.05) is 27.8 Å². The van der Waals surface area contributed by atoms with Crippen molar-refractivity contribution in [1.29, 1.82) is 0 Å². The third-order valence-corrected chi connectivity index (χ3v) is 2.93. The second-order valence-corrected chi connectivity index (χ2v) is 4.10. The first kappa shape index (κ1) is 12.3. The zero-order valence-electron chi connectivity index (χ0n) is 11.0. The lowest BCUT2D eigenvalue weighted by Crippen LogP contribution is -2.07. The van der Waals surface area contributed by atoms with Crippen LogP contribution in [0.5, 0.6) is 0 Å². The van der Waals surface area contributed by atoms with Crippen LogP contribution in [-0.2, 0) is 6.54 Å². The van der Waals surface area contributed by atoms with E-state index in [4.69, 9.17) is 4.52 Å². The third kappa shape index (κ3) is 2.27. The van der Waals surface area contributed by atoms with Crippen LogP contribution in [0.25, 0.3) is 0 Å². The minimum absolute atomic E-state index is 0.641. The number of nitrogens with zero attached hydrogens (tertiary/aromatic N) is 3. The molecule has 2 rings (SSSR count). The van der Waals surface area contributed by atoms with Gasteiger partial charge in [-0.3, -0.25) is 0 Å². The number of hydrogen-bond donors (Lipinski definition) is 2. The van der Waals surface area contributed by atoms with E-state index < -0.39 is 0 Å². The molecule has 0 aromatic carbocycles. The fourth-order valence-electron chi connectivity index (χ4n) is 1.81. The van der Waals surface area contributed by atoms with Gasteiger partial charge in [-0.25, -0.2) is 9.97 Å². The Morgan fingerprint density at radius 2 is 1.89 bits per heavy atom. The quantitative estimate of drug-likeness (QED) is 0.861. The summed E-state index contributed by atoms with van der Waals surface area (Å²) in [5.74, 6) is 2.47. The fourth-order valence-corrected chi connectivity index (χ4v) is 1.81. The van der Waals surface area contributed by atoms with E-state index in [1.165, 1.54) is 6.33 Å². The van der Waals surface area contributed by atoms with Crippen LogP contribution < -0.4 is 10.6 Å². The molecule has 2 aromatic rings. The Morgan fingerprint density at radius 3 is 2.50 bits per heavy atom. The van der Waals surface area contributed by atoms with Gasteiger partial charge in [0.1, 0.15) is 23.7 Å². The van der Waals surface area contributed by atoms with Crippen molar-refractivity contribution in [2.75, 3.05) is 17.7 Å². The molecule has 2 aromatic heterocycles. The molecule has 0 aliphatic heterocycles. The normalized spacial score (nSPS) is 10.4. The zero-order chi connectivity index (χ0) is 13.1. The molecule has 0 spiro atoms. The molecule has 0 unspecified atom stereocenters. The summed E-state index contributed by atoms with van der Waals surface area (Å²) in [6, 6.07) is 0. The Labute approximate surface area is 106 Å². The van der Waals surface area contributed by atoms with Gasteiger partial charge in [-0.05, 0) is 20.8 Å². The standard InChI is InChI=1S/C12H17N5O/c1-7-11(13-4)15-6-16-12(7)14-5-10-8(2)17-18-9(10)3/h6H,5H2,1-4H3,(H2,13,14,15,16). The molecular weight excluding hydrogens is 230 g/mol. The summed E-state index contributed by atoms with van der Waals surface area (Å²) in [7, 11) is 1.84. The number of aryl methyl sites for hydroxylation is 2. The van der Waals surface area contributed by atoms with Gasteiger partial charge in [0.15, 0.2) is 0 Å². The molecule has 0 aliphatic rings. The predicted molar refractivity (Wildman–Crippen MR) is 69.6 cm³/mol. The monoisotopic (exact) mass is 247 g/mol. The largest absolute Gasteiger partial charge is 0.373 e. The first-order chi connectivity index (χ1) is 8.63.